The summed E-state index contributed by atoms with van der Waals surface area (Å²) in [7, 11) is 3.15. The molecular formula is C19H14Cl3NO3S2. The van der Waals surface area contributed by atoms with Crippen molar-refractivity contribution in [2.45, 2.75) is 6.61 Å². The lowest BCUT2D eigenvalue weighted by atomic mass is 10.1. The molecule has 1 fully saturated rings. The van der Waals surface area contributed by atoms with Crippen molar-refractivity contribution in [3.8, 4) is 11.5 Å². The number of ether oxygens (including phenoxy) is 2. The number of hydrogen-bond acceptors (Lipinski definition) is 5. The number of carbonyl (C=O) groups excluding carboxylic acids is 1. The van der Waals surface area contributed by atoms with Gasteiger partial charge in [-0.1, -0.05) is 64.8 Å². The van der Waals surface area contributed by atoms with Gasteiger partial charge in [-0.05, 0) is 35.9 Å². The first-order chi connectivity index (χ1) is 13.3. The van der Waals surface area contributed by atoms with Crippen LogP contribution < -0.4 is 9.47 Å². The molecule has 1 aliphatic heterocycles. The van der Waals surface area contributed by atoms with Crippen molar-refractivity contribution in [3.05, 3.63) is 61.4 Å². The highest BCUT2D eigenvalue weighted by Crippen LogP contribution is 2.39. The summed E-state index contributed by atoms with van der Waals surface area (Å²) in [5.74, 6) is 0.632. The number of benzene rings is 2. The van der Waals surface area contributed by atoms with E-state index < -0.39 is 0 Å². The Hall–Kier alpha value is -1.44. The summed E-state index contributed by atoms with van der Waals surface area (Å²) >= 11 is 25.2. The SMILES string of the molecule is COc1cc(/C=C2/SC(=S)N(C)C2=O)cc(Cl)c1OCc1c(Cl)cccc1Cl. The van der Waals surface area contributed by atoms with Gasteiger partial charge in [0, 0.05) is 22.7 Å². The zero-order valence-electron chi connectivity index (χ0n) is 14.8. The maximum atomic E-state index is 12.2. The largest absolute Gasteiger partial charge is 0.493 e. The number of likely N-dealkylation sites (N-methyl/N-ethyl adjacent to an activating group) is 1. The Bertz CT molecular complexity index is 974. The van der Waals surface area contributed by atoms with Crippen molar-refractivity contribution in [2.75, 3.05) is 14.2 Å². The molecule has 0 aliphatic carbocycles. The van der Waals surface area contributed by atoms with Crippen LogP contribution in [0.2, 0.25) is 15.1 Å². The van der Waals surface area contributed by atoms with E-state index in [-0.39, 0.29) is 12.5 Å². The molecule has 28 heavy (non-hydrogen) atoms. The first-order valence-corrected chi connectivity index (χ1v) is 10.3. The van der Waals surface area contributed by atoms with Gasteiger partial charge in [0.15, 0.2) is 11.5 Å². The lowest BCUT2D eigenvalue weighted by molar-refractivity contribution is -0.121. The van der Waals surface area contributed by atoms with Crippen molar-refractivity contribution in [2.24, 2.45) is 0 Å². The van der Waals surface area contributed by atoms with E-state index in [9.17, 15) is 4.79 Å². The minimum absolute atomic E-state index is 0.127. The average molecular weight is 475 g/mol. The van der Waals surface area contributed by atoms with E-state index in [0.717, 1.165) is 0 Å². The molecule has 1 aliphatic rings. The molecule has 0 saturated carbocycles. The summed E-state index contributed by atoms with van der Waals surface area (Å²) in [5, 5.41) is 1.34. The summed E-state index contributed by atoms with van der Waals surface area (Å²) in [5.41, 5.74) is 1.35. The lowest BCUT2D eigenvalue weighted by Gasteiger charge is -2.15. The first kappa shape index (κ1) is 21.3. The molecule has 0 bridgehead atoms. The van der Waals surface area contributed by atoms with E-state index in [1.165, 1.54) is 23.8 Å². The van der Waals surface area contributed by atoms with Crippen LogP contribution in [-0.2, 0) is 11.4 Å². The van der Waals surface area contributed by atoms with Crippen molar-refractivity contribution >= 4 is 75.1 Å². The fourth-order valence-corrected chi connectivity index (χ4v) is 4.43. The lowest BCUT2D eigenvalue weighted by Crippen LogP contribution is -2.22. The zero-order valence-corrected chi connectivity index (χ0v) is 18.7. The Kier molecular flexibility index (Phi) is 6.78. The number of amides is 1. The van der Waals surface area contributed by atoms with Crippen LogP contribution in [0.15, 0.2) is 35.2 Å². The molecule has 0 N–H and O–H groups in total. The number of methoxy groups -OCH3 is 1. The molecule has 0 radical (unpaired) electrons. The number of thiocarbonyl (C=S) groups is 1. The second-order valence-electron chi connectivity index (χ2n) is 5.76. The maximum Gasteiger partial charge on any atom is 0.265 e. The van der Waals surface area contributed by atoms with E-state index in [0.29, 0.717) is 46.9 Å². The van der Waals surface area contributed by atoms with Gasteiger partial charge in [0.2, 0.25) is 0 Å². The highest BCUT2D eigenvalue weighted by Gasteiger charge is 2.28. The first-order valence-electron chi connectivity index (χ1n) is 7.96. The van der Waals surface area contributed by atoms with E-state index in [4.69, 9.17) is 56.5 Å². The van der Waals surface area contributed by atoms with E-state index in [1.807, 2.05) is 0 Å². The molecule has 2 aromatic carbocycles. The van der Waals surface area contributed by atoms with E-state index in [1.54, 1.807) is 43.5 Å². The molecule has 3 rings (SSSR count). The van der Waals surface area contributed by atoms with Crippen molar-refractivity contribution in [3.63, 3.8) is 0 Å². The molecule has 2 aromatic rings. The molecule has 1 amide bonds. The van der Waals surface area contributed by atoms with Crippen LogP contribution in [0, 0.1) is 0 Å². The predicted molar refractivity (Wildman–Crippen MR) is 120 cm³/mol. The van der Waals surface area contributed by atoms with Crippen LogP contribution in [0.3, 0.4) is 0 Å². The molecule has 9 heteroatoms. The van der Waals surface area contributed by atoms with Gasteiger partial charge < -0.3 is 9.47 Å². The highest BCUT2D eigenvalue weighted by molar-refractivity contribution is 8.26. The zero-order chi connectivity index (χ0) is 20.4. The Morgan fingerprint density at radius 3 is 2.43 bits per heavy atom. The number of carbonyl (C=O) groups is 1. The number of halogens is 3. The molecule has 0 aromatic heterocycles. The van der Waals surface area contributed by atoms with Crippen LogP contribution in [0.1, 0.15) is 11.1 Å². The number of hydrogen-bond donors (Lipinski definition) is 0. The molecule has 146 valence electrons. The number of thioether (sulfide) groups is 1. The smallest absolute Gasteiger partial charge is 0.265 e. The van der Waals surface area contributed by atoms with Gasteiger partial charge in [-0.2, -0.15) is 0 Å². The predicted octanol–water partition coefficient (Wildman–Crippen LogP) is 6.07. The number of rotatable bonds is 5. The summed E-state index contributed by atoms with van der Waals surface area (Å²) in [6.07, 6.45) is 1.71. The van der Waals surface area contributed by atoms with Crippen LogP contribution in [0.5, 0.6) is 11.5 Å². The summed E-state index contributed by atoms with van der Waals surface area (Å²) in [6, 6.07) is 8.65. The Morgan fingerprint density at radius 1 is 1.18 bits per heavy atom. The van der Waals surface area contributed by atoms with Gasteiger partial charge in [-0.3, -0.25) is 9.69 Å². The molecule has 0 spiro atoms. The second-order valence-corrected chi connectivity index (χ2v) is 8.66. The van der Waals surface area contributed by atoms with Gasteiger partial charge in [0.05, 0.1) is 17.0 Å². The van der Waals surface area contributed by atoms with Crippen LogP contribution in [-0.4, -0.2) is 29.3 Å². The monoisotopic (exact) mass is 473 g/mol. The quantitative estimate of drug-likeness (QED) is 0.389. The average Bonchev–Trinajstić information content (AvgIpc) is 2.89. The van der Waals surface area contributed by atoms with E-state index in [2.05, 4.69) is 0 Å². The van der Waals surface area contributed by atoms with Crippen LogP contribution in [0.4, 0.5) is 0 Å². The second kappa shape index (κ2) is 8.93. The van der Waals surface area contributed by atoms with Gasteiger partial charge in [-0.15, -0.1) is 0 Å². The molecule has 1 heterocycles. The van der Waals surface area contributed by atoms with Crippen molar-refractivity contribution < 1.29 is 14.3 Å². The molecule has 0 unspecified atom stereocenters. The Labute approximate surface area is 187 Å². The molecular weight excluding hydrogens is 461 g/mol. The summed E-state index contributed by atoms with van der Waals surface area (Å²) in [4.78, 5) is 14.1. The van der Waals surface area contributed by atoms with Gasteiger partial charge in [-0.25, -0.2) is 0 Å². The highest BCUT2D eigenvalue weighted by atomic mass is 35.5. The third-order valence-electron chi connectivity index (χ3n) is 3.96. The fraction of sp³-hybridized carbons (Fsp3) is 0.158. The Balaban J connectivity index is 1.88. The van der Waals surface area contributed by atoms with Crippen molar-refractivity contribution in [1.29, 1.82) is 0 Å². The van der Waals surface area contributed by atoms with Crippen molar-refractivity contribution in [1.82, 2.24) is 4.90 Å². The Morgan fingerprint density at radius 2 is 1.86 bits per heavy atom. The minimum Gasteiger partial charge on any atom is -0.493 e. The minimum atomic E-state index is -0.154. The van der Waals surface area contributed by atoms with Gasteiger partial charge in [0.25, 0.3) is 5.91 Å². The summed E-state index contributed by atoms with van der Waals surface area (Å²) < 4.78 is 11.8. The fourth-order valence-electron chi connectivity index (χ4n) is 2.47. The molecule has 4 nitrogen and oxygen atoms in total. The van der Waals surface area contributed by atoms with Gasteiger partial charge in [0.1, 0.15) is 10.9 Å². The number of nitrogens with zero attached hydrogens (tertiary/aromatic N) is 1. The third-order valence-corrected chi connectivity index (χ3v) is 6.43. The van der Waals surface area contributed by atoms with E-state index >= 15 is 0 Å². The molecule has 1 saturated heterocycles. The maximum absolute atomic E-state index is 12.2. The standard InChI is InChI=1S/C19H14Cl3NO3S2/c1-23-18(24)16(28-19(23)27)8-10-6-14(22)17(15(7-10)25-2)26-9-11-12(20)4-3-5-13(11)21/h3-8H,9H2,1-2H3/b16-8+. The normalized spacial score (nSPS) is 15.5. The van der Waals surface area contributed by atoms with Gasteiger partial charge >= 0.3 is 0 Å². The topological polar surface area (TPSA) is 38.8 Å². The summed E-state index contributed by atoms with van der Waals surface area (Å²) in [6.45, 7) is 0.127. The third kappa shape index (κ3) is 4.42. The molecule has 0 atom stereocenters. The van der Waals surface area contributed by atoms with Crippen LogP contribution >= 0.6 is 58.8 Å². The van der Waals surface area contributed by atoms with Crippen LogP contribution in [0.25, 0.3) is 6.08 Å².